The molecule has 0 spiro atoms. The van der Waals surface area contributed by atoms with Gasteiger partial charge in [0.2, 0.25) is 11.8 Å². The first-order chi connectivity index (χ1) is 14.2. The van der Waals surface area contributed by atoms with Gasteiger partial charge in [-0.3, -0.25) is 9.59 Å². The SMILES string of the molecule is CC(C)OC(=O)C(O)[C@H](Cc1ccccc1)NC(=O)CN1C=CSC(C(C)C)C1=O. The summed E-state index contributed by atoms with van der Waals surface area (Å²) in [5.41, 5.74) is 0.851. The van der Waals surface area contributed by atoms with Crippen molar-refractivity contribution in [2.45, 2.75) is 57.6 Å². The van der Waals surface area contributed by atoms with Gasteiger partial charge in [-0.05, 0) is 37.2 Å². The zero-order valence-electron chi connectivity index (χ0n) is 17.8. The molecule has 0 saturated heterocycles. The summed E-state index contributed by atoms with van der Waals surface area (Å²) >= 11 is 1.44. The topological polar surface area (TPSA) is 95.9 Å². The standard InChI is InChI=1S/C22H30N2O5S/c1-14(2)20-21(27)24(10-11-30-20)13-18(25)23-17(12-16-8-6-5-7-9-16)19(26)22(28)29-15(3)4/h5-11,14-15,17,19-20,26H,12-13H2,1-4H3,(H,23,25)/t17-,19?,20?/m0/s1. The molecular formula is C22H30N2O5S. The second-order valence-corrected chi connectivity index (χ2v) is 8.90. The average Bonchev–Trinajstić information content (AvgIpc) is 2.68. The van der Waals surface area contributed by atoms with Crippen molar-refractivity contribution in [1.29, 1.82) is 0 Å². The monoisotopic (exact) mass is 434 g/mol. The van der Waals surface area contributed by atoms with E-state index >= 15 is 0 Å². The Labute approximate surface area is 181 Å². The highest BCUT2D eigenvalue weighted by atomic mass is 32.2. The molecule has 0 aliphatic carbocycles. The van der Waals surface area contributed by atoms with Crippen molar-refractivity contribution >= 4 is 29.5 Å². The summed E-state index contributed by atoms with van der Waals surface area (Å²) in [6.07, 6.45) is -0.0824. The largest absolute Gasteiger partial charge is 0.461 e. The summed E-state index contributed by atoms with van der Waals surface area (Å²) in [7, 11) is 0. The van der Waals surface area contributed by atoms with Crippen LogP contribution >= 0.6 is 11.8 Å². The Bertz CT molecular complexity index is 766. The molecule has 0 radical (unpaired) electrons. The van der Waals surface area contributed by atoms with Crippen LogP contribution in [-0.2, 0) is 25.5 Å². The number of carbonyl (C=O) groups excluding carboxylic acids is 3. The maximum Gasteiger partial charge on any atom is 0.337 e. The first-order valence-corrected chi connectivity index (χ1v) is 11.0. The molecule has 2 unspecified atom stereocenters. The number of benzene rings is 1. The molecule has 164 valence electrons. The van der Waals surface area contributed by atoms with Gasteiger partial charge in [-0.15, -0.1) is 11.8 Å². The highest BCUT2D eigenvalue weighted by Crippen LogP contribution is 2.27. The van der Waals surface area contributed by atoms with Gasteiger partial charge in [-0.25, -0.2) is 4.79 Å². The van der Waals surface area contributed by atoms with E-state index in [-0.39, 0.29) is 36.1 Å². The van der Waals surface area contributed by atoms with Crippen LogP contribution in [0.15, 0.2) is 41.9 Å². The number of carbonyl (C=O) groups is 3. The zero-order chi connectivity index (χ0) is 22.3. The van der Waals surface area contributed by atoms with Gasteiger partial charge in [-0.1, -0.05) is 44.2 Å². The zero-order valence-corrected chi connectivity index (χ0v) is 18.6. The summed E-state index contributed by atoms with van der Waals surface area (Å²) in [4.78, 5) is 38.9. The number of nitrogens with zero attached hydrogens (tertiary/aromatic N) is 1. The minimum Gasteiger partial charge on any atom is -0.461 e. The second-order valence-electron chi connectivity index (χ2n) is 7.85. The van der Waals surface area contributed by atoms with E-state index in [4.69, 9.17) is 4.74 Å². The van der Waals surface area contributed by atoms with Crippen molar-refractivity contribution in [2.24, 2.45) is 5.92 Å². The minimum absolute atomic E-state index is 0.132. The third kappa shape index (κ3) is 6.88. The molecule has 1 aliphatic rings. The lowest BCUT2D eigenvalue weighted by Crippen LogP contribution is -2.52. The lowest BCUT2D eigenvalue weighted by Gasteiger charge is -2.30. The maximum absolute atomic E-state index is 12.7. The normalized spacial score (nSPS) is 18.4. The van der Waals surface area contributed by atoms with Crippen LogP contribution in [0.3, 0.4) is 0 Å². The van der Waals surface area contributed by atoms with E-state index < -0.39 is 24.0 Å². The van der Waals surface area contributed by atoms with Crippen LogP contribution in [-0.4, -0.2) is 57.8 Å². The molecule has 2 N–H and O–H groups in total. The molecule has 2 amide bonds. The summed E-state index contributed by atoms with van der Waals surface area (Å²) < 4.78 is 5.10. The van der Waals surface area contributed by atoms with Crippen LogP contribution in [0.1, 0.15) is 33.3 Å². The fourth-order valence-corrected chi connectivity index (χ4v) is 4.00. The highest BCUT2D eigenvalue weighted by molar-refractivity contribution is 8.03. The third-order valence-electron chi connectivity index (χ3n) is 4.53. The Balaban J connectivity index is 2.09. The number of esters is 1. The predicted octanol–water partition coefficient (Wildman–Crippen LogP) is 2.10. The Morgan fingerprint density at radius 1 is 1.20 bits per heavy atom. The number of aliphatic hydroxyl groups is 1. The highest BCUT2D eigenvalue weighted by Gasteiger charge is 2.33. The summed E-state index contributed by atoms with van der Waals surface area (Å²) in [5.74, 6) is -1.25. The van der Waals surface area contributed by atoms with Crippen molar-refractivity contribution < 1.29 is 24.2 Å². The summed E-state index contributed by atoms with van der Waals surface area (Å²) in [5, 5.41) is 14.8. The van der Waals surface area contributed by atoms with E-state index in [0.717, 1.165) is 5.56 Å². The number of amides is 2. The smallest absolute Gasteiger partial charge is 0.337 e. The van der Waals surface area contributed by atoms with Crippen LogP contribution in [0.4, 0.5) is 0 Å². The molecule has 0 saturated carbocycles. The van der Waals surface area contributed by atoms with Gasteiger partial charge in [0.15, 0.2) is 6.10 Å². The Morgan fingerprint density at radius 3 is 2.47 bits per heavy atom. The minimum atomic E-state index is -1.52. The fraction of sp³-hybridized carbons (Fsp3) is 0.500. The molecule has 30 heavy (non-hydrogen) atoms. The summed E-state index contributed by atoms with van der Waals surface area (Å²) in [6, 6.07) is 8.35. The lowest BCUT2D eigenvalue weighted by molar-refractivity contribution is -0.159. The van der Waals surface area contributed by atoms with Crippen LogP contribution in [0, 0.1) is 5.92 Å². The Morgan fingerprint density at radius 2 is 1.87 bits per heavy atom. The van der Waals surface area contributed by atoms with E-state index in [1.807, 2.05) is 44.2 Å². The van der Waals surface area contributed by atoms with E-state index in [2.05, 4.69) is 5.32 Å². The van der Waals surface area contributed by atoms with Crippen molar-refractivity contribution in [3.05, 3.63) is 47.5 Å². The molecule has 0 bridgehead atoms. The molecule has 8 heteroatoms. The molecule has 0 aromatic heterocycles. The van der Waals surface area contributed by atoms with Gasteiger partial charge in [0.1, 0.15) is 6.54 Å². The first kappa shape index (κ1) is 24.0. The molecule has 3 atom stereocenters. The van der Waals surface area contributed by atoms with Crippen molar-refractivity contribution in [3.8, 4) is 0 Å². The van der Waals surface area contributed by atoms with Crippen LogP contribution in [0.2, 0.25) is 0 Å². The fourth-order valence-electron chi connectivity index (χ4n) is 3.04. The molecule has 0 fully saturated rings. The number of hydrogen-bond acceptors (Lipinski definition) is 6. The molecule has 1 aromatic rings. The average molecular weight is 435 g/mol. The van der Waals surface area contributed by atoms with Gasteiger partial charge in [0.25, 0.3) is 0 Å². The summed E-state index contributed by atoms with van der Waals surface area (Å²) in [6.45, 7) is 7.11. The van der Waals surface area contributed by atoms with Gasteiger partial charge in [0, 0.05) is 6.20 Å². The maximum atomic E-state index is 12.7. The third-order valence-corrected chi connectivity index (χ3v) is 5.85. The second kappa shape index (κ2) is 11.2. The van der Waals surface area contributed by atoms with Crippen molar-refractivity contribution in [2.75, 3.05) is 6.54 Å². The molecule has 1 aliphatic heterocycles. The quantitative estimate of drug-likeness (QED) is 0.578. The van der Waals surface area contributed by atoms with Gasteiger partial charge >= 0.3 is 5.97 Å². The van der Waals surface area contributed by atoms with Crippen molar-refractivity contribution in [3.63, 3.8) is 0 Å². The molecule has 1 aromatic carbocycles. The lowest BCUT2D eigenvalue weighted by atomic mass is 10.0. The van der Waals surface area contributed by atoms with E-state index in [1.54, 1.807) is 25.5 Å². The molecular weight excluding hydrogens is 404 g/mol. The number of thioether (sulfide) groups is 1. The van der Waals surface area contributed by atoms with Gasteiger partial charge in [-0.2, -0.15) is 0 Å². The number of aliphatic hydroxyl groups excluding tert-OH is 1. The van der Waals surface area contributed by atoms with Gasteiger partial charge < -0.3 is 20.1 Å². The predicted molar refractivity (Wildman–Crippen MR) is 116 cm³/mol. The number of rotatable bonds is 9. The number of nitrogens with one attached hydrogen (secondary N) is 1. The molecule has 1 heterocycles. The number of ether oxygens (including phenoxy) is 1. The Hall–Kier alpha value is -2.32. The van der Waals surface area contributed by atoms with Crippen molar-refractivity contribution in [1.82, 2.24) is 10.2 Å². The Kier molecular flexibility index (Phi) is 8.92. The van der Waals surface area contributed by atoms with Crippen LogP contribution in [0.25, 0.3) is 0 Å². The molecule has 2 rings (SSSR count). The van der Waals surface area contributed by atoms with Gasteiger partial charge in [0.05, 0.1) is 17.4 Å². The van der Waals surface area contributed by atoms with Crippen LogP contribution in [0.5, 0.6) is 0 Å². The van der Waals surface area contributed by atoms with E-state index in [0.29, 0.717) is 0 Å². The van der Waals surface area contributed by atoms with E-state index in [1.165, 1.54) is 16.7 Å². The van der Waals surface area contributed by atoms with E-state index in [9.17, 15) is 19.5 Å². The molecule has 7 nitrogen and oxygen atoms in total. The first-order valence-electron chi connectivity index (χ1n) is 10.0. The van der Waals surface area contributed by atoms with Crippen LogP contribution < -0.4 is 5.32 Å². The number of hydrogen-bond donors (Lipinski definition) is 2.